The third-order valence-corrected chi connectivity index (χ3v) is 7.79. The van der Waals surface area contributed by atoms with Crippen molar-refractivity contribution in [3.05, 3.63) is 54.1 Å². The average Bonchev–Trinajstić information content (AvgIpc) is 2.90. The van der Waals surface area contributed by atoms with Gasteiger partial charge >= 0.3 is 0 Å². The minimum atomic E-state index is -3.79. The number of amides is 2. The van der Waals surface area contributed by atoms with Crippen LogP contribution in [0.1, 0.15) is 44.6 Å². The summed E-state index contributed by atoms with van der Waals surface area (Å²) in [5.74, 6) is 0.449. The number of nitrogens with one attached hydrogen (secondary N) is 1. The zero-order valence-corrected chi connectivity index (χ0v) is 22.8. The number of sulfonamides is 1. The van der Waals surface area contributed by atoms with Crippen LogP contribution in [0.4, 0.5) is 5.69 Å². The van der Waals surface area contributed by atoms with Gasteiger partial charge in [0.2, 0.25) is 21.8 Å². The van der Waals surface area contributed by atoms with Crippen LogP contribution in [-0.4, -0.2) is 64.2 Å². The maximum atomic E-state index is 13.7. The second-order valence-corrected chi connectivity index (χ2v) is 11.3. The maximum absolute atomic E-state index is 13.7. The van der Waals surface area contributed by atoms with Crippen LogP contribution in [0.15, 0.2) is 48.5 Å². The molecule has 1 aliphatic rings. The molecule has 0 saturated heterocycles. The van der Waals surface area contributed by atoms with Gasteiger partial charge in [0.05, 0.1) is 26.2 Å². The first kappa shape index (κ1) is 28.3. The second-order valence-electron chi connectivity index (χ2n) is 9.36. The van der Waals surface area contributed by atoms with Crippen molar-refractivity contribution in [1.29, 1.82) is 0 Å². The lowest BCUT2D eigenvalue weighted by Crippen LogP contribution is -2.52. The molecular weight excluding hydrogens is 494 g/mol. The van der Waals surface area contributed by atoms with Gasteiger partial charge in [0, 0.05) is 12.6 Å². The van der Waals surface area contributed by atoms with Gasteiger partial charge in [-0.3, -0.25) is 13.9 Å². The van der Waals surface area contributed by atoms with Gasteiger partial charge in [-0.15, -0.1) is 0 Å². The van der Waals surface area contributed by atoms with Crippen molar-refractivity contribution in [1.82, 2.24) is 10.2 Å². The molecule has 0 spiro atoms. The standard InChI is InChI=1S/C27H37N3O6S/c1-20(27(32)28-22-10-6-5-7-11-22)29(18-21-9-8-12-25(17-21)36-3)26(31)19-30(37(4,33)34)23-13-15-24(35-2)16-14-23/h8-9,12-17,20,22H,5-7,10-11,18-19H2,1-4H3,(H,28,32)/t20-/m1/s1. The summed E-state index contributed by atoms with van der Waals surface area (Å²) in [6, 6.07) is 12.9. The van der Waals surface area contributed by atoms with Gasteiger partial charge in [0.15, 0.2) is 0 Å². The molecule has 0 radical (unpaired) electrons. The zero-order valence-electron chi connectivity index (χ0n) is 22.0. The lowest BCUT2D eigenvalue weighted by molar-refractivity contribution is -0.139. The van der Waals surface area contributed by atoms with Gasteiger partial charge in [-0.2, -0.15) is 0 Å². The van der Waals surface area contributed by atoms with Crippen LogP contribution in [0, 0.1) is 0 Å². The Kier molecular flexibility index (Phi) is 9.79. The Morgan fingerprint density at radius 1 is 1.00 bits per heavy atom. The van der Waals surface area contributed by atoms with E-state index in [0.29, 0.717) is 17.2 Å². The fourth-order valence-electron chi connectivity index (χ4n) is 4.48. The van der Waals surface area contributed by atoms with Gasteiger partial charge in [0.25, 0.3) is 0 Å². The lowest BCUT2D eigenvalue weighted by Gasteiger charge is -2.33. The minimum absolute atomic E-state index is 0.0873. The van der Waals surface area contributed by atoms with Crippen LogP contribution >= 0.6 is 0 Å². The Labute approximate surface area is 219 Å². The third-order valence-electron chi connectivity index (χ3n) is 6.65. The number of anilines is 1. The summed E-state index contributed by atoms with van der Waals surface area (Å²) >= 11 is 0. The van der Waals surface area contributed by atoms with Gasteiger partial charge in [-0.1, -0.05) is 31.4 Å². The molecule has 2 amide bonds. The molecule has 3 rings (SSSR count). The number of benzene rings is 2. The number of rotatable bonds is 11. The molecule has 0 aromatic heterocycles. The number of carbonyl (C=O) groups is 2. The predicted molar refractivity (Wildman–Crippen MR) is 143 cm³/mol. The van der Waals surface area contributed by atoms with Gasteiger partial charge in [0.1, 0.15) is 24.1 Å². The molecule has 0 heterocycles. The summed E-state index contributed by atoms with van der Waals surface area (Å²) in [5.41, 5.74) is 1.10. The first-order valence-electron chi connectivity index (χ1n) is 12.5. The topological polar surface area (TPSA) is 105 Å². The molecule has 37 heavy (non-hydrogen) atoms. The Bertz CT molecular complexity index is 1160. The highest BCUT2D eigenvalue weighted by atomic mass is 32.2. The van der Waals surface area contributed by atoms with E-state index < -0.39 is 28.5 Å². The highest BCUT2D eigenvalue weighted by Crippen LogP contribution is 2.23. The Morgan fingerprint density at radius 2 is 1.65 bits per heavy atom. The van der Waals surface area contributed by atoms with Crippen LogP contribution in [0.2, 0.25) is 0 Å². The first-order chi connectivity index (χ1) is 17.6. The normalized spacial score (nSPS) is 14.9. The zero-order chi connectivity index (χ0) is 27.0. The molecule has 0 bridgehead atoms. The molecule has 2 aromatic carbocycles. The highest BCUT2D eigenvalue weighted by molar-refractivity contribution is 7.92. The fraction of sp³-hybridized carbons (Fsp3) is 0.481. The van der Waals surface area contributed by atoms with E-state index in [4.69, 9.17) is 9.47 Å². The number of nitrogens with zero attached hydrogens (tertiary/aromatic N) is 2. The lowest BCUT2D eigenvalue weighted by atomic mass is 9.95. The van der Waals surface area contributed by atoms with E-state index in [-0.39, 0.29) is 18.5 Å². The largest absolute Gasteiger partial charge is 0.497 e. The van der Waals surface area contributed by atoms with Crippen LogP contribution in [0.25, 0.3) is 0 Å². The molecule has 1 fully saturated rings. The van der Waals surface area contributed by atoms with E-state index in [2.05, 4.69) is 5.32 Å². The number of ether oxygens (including phenoxy) is 2. The van der Waals surface area contributed by atoms with Crippen molar-refractivity contribution in [2.75, 3.05) is 31.3 Å². The minimum Gasteiger partial charge on any atom is -0.497 e. The monoisotopic (exact) mass is 531 g/mol. The Morgan fingerprint density at radius 3 is 2.24 bits per heavy atom. The van der Waals surface area contributed by atoms with E-state index in [1.54, 1.807) is 50.4 Å². The van der Waals surface area contributed by atoms with Gasteiger partial charge in [-0.25, -0.2) is 8.42 Å². The molecule has 1 saturated carbocycles. The quantitative estimate of drug-likeness (QED) is 0.477. The SMILES string of the molecule is COc1ccc(N(CC(=O)N(Cc2cccc(OC)c2)[C@H](C)C(=O)NC2CCCCC2)S(C)(=O)=O)cc1. The molecule has 2 aromatic rings. The first-order valence-corrected chi connectivity index (χ1v) is 14.3. The van der Waals surface area contributed by atoms with Crippen LogP contribution < -0.4 is 19.1 Å². The molecule has 1 N–H and O–H groups in total. The summed E-state index contributed by atoms with van der Waals surface area (Å²) in [5, 5.41) is 3.09. The fourth-order valence-corrected chi connectivity index (χ4v) is 5.33. The number of hydrogen-bond acceptors (Lipinski definition) is 6. The van der Waals surface area contributed by atoms with E-state index >= 15 is 0 Å². The van der Waals surface area contributed by atoms with Crippen molar-refractivity contribution >= 4 is 27.5 Å². The second kappa shape index (κ2) is 12.8. The molecule has 9 nitrogen and oxygen atoms in total. The highest BCUT2D eigenvalue weighted by Gasteiger charge is 2.31. The van der Waals surface area contributed by atoms with Gasteiger partial charge in [-0.05, 0) is 61.7 Å². The average molecular weight is 532 g/mol. The summed E-state index contributed by atoms with van der Waals surface area (Å²) < 4.78 is 36.9. The summed E-state index contributed by atoms with van der Waals surface area (Å²) in [6.07, 6.45) is 6.18. The van der Waals surface area contributed by atoms with Crippen molar-refractivity contribution in [2.24, 2.45) is 0 Å². The predicted octanol–water partition coefficient (Wildman–Crippen LogP) is 3.34. The smallest absolute Gasteiger partial charge is 0.244 e. The molecule has 1 aliphatic carbocycles. The molecule has 0 aliphatic heterocycles. The molecule has 10 heteroatoms. The maximum Gasteiger partial charge on any atom is 0.244 e. The molecule has 0 unspecified atom stereocenters. The third kappa shape index (κ3) is 7.85. The summed E-state index contributed by atoms with van der Waals surface area (Å²) in [6.45, 7) is 1.35. The van der Waals surface area contributed by atoms with Gasteiger partial charge < -0.3 is 19.7 Å². The van der Waals surface area contributed by atoms with Crippen LogP contribution in [0.3, 0.4) is 0 Å². The van der Waals surface area contributed by atoms with Crippen LogP contribution in [-0.2, 0) is 26.2 Å². The van der Waals surface area contributed by atoms with Crippen molar-refractivity contribution in [3.8, 4) is 11.5 Å². The molecule has 202 valence electrons. The van der Waals surface area contributed by atoms with E-state index in [1.165, 1.54) is 12.0 Å². The molecule has 1 atom stereocenters. The van der Waals surface area contributed by atoms with E-state index in [9.17, 15) is 18.0 Å². The number of carbonyl (C=O) groups excluding carboxylic acids is 2. The number of hydrogen-bond donors (Lipinski definition) is 1. The van der Waals surface area contributed by atoms with E-state index in [1.807, 2.05) is 12.1 Å². The van der Waals surface area contributed by atoms with Crippen LogP contribution in [0.5, 0.6) is 11.5 Å². The van der Waals surface area contributed by atoms with Crippen molar-refractivity contribution in [3.63, 3.8) is 0 Å². The van der Waals surface area contributed by atoms with Crippen molar-refractivity contribution < 1.29 is 27.5 Å². The summed E-state index contributed by atoms with van der Waals surface area (Å²) in [7, 11) is -0.720. The van der Waals surface area contributed by atoms with E-state index in [0.717, 1.165) is 48.2 Å². The summed E-state index contributed by atoms with van der Waals surface area (Å²) in [4.78, 5) is 28.3. The number of methoxy groups -OCH3 is 2. The van der Waals surface area contributed by atoms with Crippen molar-refractivity contribution in [2.45, 2.75) is 57.7 Å². The Balaban J connectivity index is 1.87. The Hall–Kier alpha value is -3.27. The molecular formula is C27H37N3O6S.